The largest absolute Gasteiger partial charge is 0.369 e. The van der Waals surface area contributed by atoms with Crippen LogP contribution in [-0.4, -0.2) is 62.3 Å². The van der Waals surface area contributed by atoms with Crippen molar-refractivity contribution in [3.8, 4) is 0 Å². The SMILES string of the molecule is CN1CCN(c2ccc(C3=CCc4ccc(N(C(N)=O)N(C)C5CCCCC5)cc43)cc2)CC1. The molecule has 1 saturated carbocycles. The second-order valence-corrected chi connectivity index (χ2v) is 10.0. The van der Waals surface area contributed by atoms with E-state index < -0.39 is 6.03 Å². The minimum absolute atomic E-state index is 0.353. The average Bonchev–Trinajstić information content (AvgIpc) is 3.28. The van der Waals surface area contributed by atoms with Crippen LogP contribution in [0.1, 0.15) is 48.8 Å². The maximum Gasteiger partial charge on any atom is 0.334 e. The highest BCUT2D eigenvalue weighted by atomic mass is 16.2. The summed E-state index contributed by atoms with van der Waals surface area (Å²) in [6.45, 7) is 4.36. The molecule has 1 saturated heterocycles. The summed E-state index contributed by atoms with van der Waals surface area (Å²) in [5.74, 6) is 0. The van der Waals surface area contributed by atoms with Crippen LogP contribution in [0.25, 0.3) is 5.57 Å². The molecule has 5 rings (SSSR count). The summed E-state index contributed by atoms with van der Waals surface area (Å²) in [7, 11) is 4.19. The van der Waals surface area contributed by atoms with Crippen molar-refractivity contribution in [3.05, 3.63) is 65.2 Å². The fourth-order valence-electron chi connectivity index (χ4n) is 5.72. The number of anilines is 2. The highest BCUT2D eigenvalue weighted by molar-refractivity contribution is 5.92. The normalized spacial score (nSPS) is 19.3. The molecule has 1 aliphatic heterocycles. The third-order valence-corrected chi connectivity index (χ3v) is 7.83. The fraction of sp³-hybridized carbons (Fsp3) is 0.464. The van der Waals surface area contributed by atoms with E-state index in [2.05, 4.69) is 64.3 Å². The summed E-state index contributed by atoms with van der Waals surface area (Å²) in [6.07, 6.45) is 9.14. The number of allylic oxidation sites excluding steroid dienone is 1. The van der Waals surface area contributed by atoms with Gasteiger partial charge < -0.3 is 15.5 Å². The number of hydrogen-bond donors (Lipinski definition) is 1. The molecule has 0 aromatic heterocycles. The first kappa shape index (κ1) is 22.9. The molecule has 1 heterocycles. The number of fused-ring (bicyclic) bond motifs is 1. The van der Waals surface area contributed by atoms with Gasteiger partial charge in [0.05, 0.1) is 5.69 Å². The molecule has 0 spiro atoms. The Balaban J connectivity index is 1.38. The van der Waals surface area contributed by atoms with Gasteiger partial charge in [-0.2, -0.15) is 0 Å². The van der Waals surface area contributed by atoms with Crippen molar-refractivity contribution in [1.29, 1.82) is 0 Å². The second-order valence-electron chi connectivity index (χ2n) is 10.0. The van der Waals surface area contributed by atoms with E-state index in [1.165, 1.54) is 47.2 Å². The van der Waals surface area contributed by atoms with Gasteiger partial charge >= 0.3 is 6.03 Å². The number of amides is 2. The molecule has 0 atom stereocenters. The lowest BCUT2D eigenvalue weighted by atomic mass is 9.95. The van der Waals surface area contributed by atoms with Gasteiger partial charge in [0.1, 0.15) is 0 Å². The zero-order chi connectivity index (χ0) is 23.7. The third kappa shape index (κ3) is 4.57. The minimum Gasteiger partial charge on any atom is -0.369 e. The minimum atomic E-state index is -0.423. The van der Waals surface area contributed by atoms with E-state index in [1.54, 1.807) is 5.01 Å². The highest BCUT2D eigenvalue weighted by Gasteiger charge is 2.28. The van der Waals surface area contributed by atoms with Gasteiger partial charge in [-0.15, -0.1) is 0 Å². The van der Waals surface area contributed by atoms with Gasteiger partial charge in [0.25, 0.3) is 0 Å². The zero-order valence-electron chi connectivity index (χ0n) is 20.5. The Labute approximate surface area is 203 Å². The molecule has 6 nitrogen and oxygen atoms in total. The van der Waals surface area contributed by atoms with Crippen molar-refractivity contribution in [2.24, 2.45) is 5.73 Å². The summed E-state index contributed by atoms with van der Waals surface area (Å²) < 4.78 is 0. The number of nitrogens with two attached hydrogens (primary N) is 1. The molecule has 6 heteroatoms. The zero-order valence-corrected chi connectivity index (χ0v) is 20.5. The Hall–Kier alpha value is -2.83. The number of nitrogens with zero attached hydrogens (tertiary/aromatic N) is 4. The summed E-state index contributed by atoms with van der Waals surface area (Å²) in [6, 6.07) is 15.2. The van der Waals surface area contributed by atoms with Crippen LogP contribution in [0.2, 0.25) is 0 Å². The van der Waals surface area contributed by atoms with Crippen molar-refractivity contribution in [1.82, 2.24) is 9.91 Å². The molecule has 0 bridgehead atoms. The smallest absolute Gasteiger partial charge is 0.334 e. The van der Waals surface area contributed by atoms with E-state index in [0.717, 1.165) is 51.1 Å². The van der Waals surface area contributed by atoms with Crippen LogP contribution in [0.3, 0.4) is 0 Å². The first-order valence-corrected chi connectivity index (χ1v) is 12.7. The number of hydrogen-bond acceptors (Lipinski definition) is 4. The van der Waals surface area contributed by atoms with Crippen LogP contribution in [0.15, 0.2) is 48.5 Å². The maximum atomic E-state index is 12.5. The third-order valence-electron chi connectivity index (χ3n) is 7.83. The van der Waals surface area contributed by atoms with Gasteiger partial charge in [-0.05, 0) is 72.8 Å². The number of hydrazine groups is 1. The molecule has 3 aliphatic rings. The Morgan fingerprint density at radius 1 is 0.971 bits per heavy atom. The Kier molecular flexibility index (Phi) is 6.61. The number of likely N-dealkylation sites (N-methyl/N-ethyl adjacent to an activating group) is 1. The first-order chi connectivity index (χ1) is 16.5. The fourth-order valence-corrected chi connectivity index (χ4v) is 5.72. The molecule has 2 aliphatic carbocycles. The summed E-state index contributed by atoms with van der Waals surface area (Å²) in [5.41, 5.74) is 13.0. The number of carbonyl (C=O) groups is 1. The van der Waals surface area contributed by atoms with E-state index >= 15 is 0 Å². The first-order valence-electron chi connectivity index (χ1n) is 12.7. The summed E-state index contributed by atoms with van der Waals surface area (Å²) in [5, 5.41) is 3.73. The molecular weight excluding hydrogens is 422 g/mol. The van der Waals surface area contributed by atoms with Gasteiger partial charge in [0.15, 0.2) is 0 Å². The van der Waals surface area contributed by atoms with Crippen LogP contribution >= 0.6 is 0 Å². The molecule has 34 heavy (non-hydrogen) atoms. The number of piperazine rings is 1. The molecule has 2 N–H and O–H groups in total. The number of benzene rings is 2. The van der Waals surface area contributed by atoms with Crippen LogP contribution < -0.4 is 15.6 Å². The van der Waals surface area contributed by atoms with Crippen LogP contribution in [0.5, 0.6) is 0 Å². The van der Waals surface area contributed by atoms with Crippen molar-refractivity contribution >= 4 is 23.0 Å². The molecule has 0 unspecified atom stereocenters. The molecule has 2 fully saturated rings. The van der Waals surface area contributed by atoms with E-state index in [4.69, 9.17) is 5.73 Å². The Morgan fingerprint density at radius 2 is 1.68 bits per heavy atom. The van der Waals surface area contributed by atoms with Gasteiger partial charge in [0, 0.05) is 45.0 Å². The summed E-state index contributed by atoms with van der Waals surface area (Å²) in [4.78, 5) is 17.4. The van der Waals surface area contributed by atoms with Crippen LogP contribution in [-0.2, 0) is 6.42 Å². The van der Waals surface area contributed by atoms with E-state index in [9.17, 15) is 4.79 Å². The Bertz CT molecular complexity index is 1050. The standard InChI is InChI=1S/C28H37N5O/c1-30-16-18-32(19-17-30)24-12-8-21(9-13-24)26-15-11-22-10-14-25(20-27(22)26)33(28(29)34)31(2)23-6-4-3-5-7-23/h8-10,12-15,20,23H,3-7,11,16-19H2,1-2H3,(H2,29,34). The number of rotatable bonds is 5. The van der Waals surface area contributed by atoms with Crippen LogP contribution in [0, 0.1) is 0 Å². The number of urea groups is 1. The van der Waals surface area contributed by atoms with Crippen molar-refractivity contribution < 1.29 is 4.79 Å². The van der Waals surface area contributed by atoms with E-state index in [0.29, 0.717) is 6.04 Å². The van der Waals surface area contributed by atoms with E-state index in [-0.39, 0.29) is 0 Å². The number of primary amides is 1. The topological polar surface area (TPSA) is 56.1 Å². The average molecular weight is 460 g/mol. The lowest BCUT2D eigenvalue weighted by Crippen LogP contribution is -2.52. The van der Waals surface area contributed by atoms with Crippen molar-refractivity contribution in [3.63, 3.8) is 0 Å². The van der Waals surface area contributed by atoms with E-state index in [1.807, 2.05) is 13.1 Å². The lowest BCUT2D eigenvalue weighted by molar-refractivity contribution is 0.174. The summed E-state index contributed by atoms with van der Waals surface area (Å²) >= 11 is 0. The predicted octanol–water partition coefficient (Wildman–Crippen LogP) is 4.49. The Morgan fingerprint density at radius 3 is 2.35 bits per heavy atom. The predicted molar refractivity (Wildman–Crippen MR) is 140 cm³/mol. The monoisotopic (exact) mass is 459 g/mol. The van der Waals surface area contributed by atoms with Crippen molar-refractivity contribution in [2.75, 3.05) is 50.2 Å². The lowest BCUT2D eigenvalue weighted by Gasteiger charge is -2.38. The molecule has 2 amide bonds. The quantitative estimate of drug-likeness (QED) is 0.670. The van der Waals surface area contributed by atoms with Gasteiger partial charge in [-0.1, -0.05) is 43.5 Å². The molecule has 0 radical (unpaired) electrons. The van der Waals surface area contributed by atoms with Crippen LogP contribution in [0.4, 0.5) is 16.2 Å². The number of carbonyl (C=O) groups excluding carboxylic acids is 1. The van der Waals surface area contributed by atoms with Gasteiger partial charge in [-0.3, -0.25) is 0 Å². The molecule has 2 aromatic rings. The van der Waals surface area contributed by atoms with Gasteiger partial charge in [-0.25, -0.2) is 14.8 Å². The second kappa shape index (κ2) is 9.80. The molecular formula is C28H37N5O. The van der Waals surface area contributed by atoms with Gasteiger partial charge in [0.2, 0.25) is 0 Å². The maximum absolute atomic E-state index is 12.5. The molecule has 2 aromatic carbocycles. The highest BCUT2D eigenvalue weighted by Crippen LogP contribution is 2.37. The van der Waals surface area contributed by atoms with Crippen molar-refractivity contribution in [2.45, 2.75) is 44.6 Å². The molecule has 180 valence electrons.